The van der Waals surface area contributed by atoms with Crippen LogP contribution < -0.4 is 0 Å². The summed E-state index contributed by atoms with van der Waals surface area (Å²) in [5, 5.41) is 7.11. The van der Waals surface area contributed by atoms with Gasteiger partial charge in [-0.2, -0.15) is 0 Å². The summed E-state index contributed by atoms with van der Waals surface area (Å²) in [7, 11) is 0. The van der Waals surface area contributed by atoms with Gasteiger partial charge in [-0.25, -0.2) is 0 Å². The SMILES string of the molecule is CC(C)c1c[nH]cc(C=N)c1=S. The maximum Gasteiger partial charge on any atom is 0.0528 e. The first-order valence-corrected chi connectivity index (χ1v) is 4.29. The van der Waals surface area contributed by atoms with Crippen LogP contribution in [0.1, 0.15) is 30.9 Å². The Hall–Kier alpha value is -0.960. The van der Waals surface area contributed by atoms with Crippen molar-refractivity contribution >= 4 is 18.4 Å². The van der Waals surface area contributed by atoms with Gasteiger partial charge in [0.25, 0.3) is 0 Å². The maximum absolute atomic E-state index is 7.11. The quantitative estimate of drug-likeness (QED) is 0.533. The van der Waals surface area contributed by atoms with E-state index < -0.39 is 0 Å². The molecule has 0 aromatic carbocycles. The molecule has 0 aliphatic rings. The fraction of sp³-hybridized carbons (Fsp3) is 0.333. The second-order valence-corrected chi connectivity index (χ2v) is 3.40. The molecule has 0 bridgehead atoms. The topological polar surface area (TPSA) is 39.6 Å². The first kappa shape index (κ1) is 9.13. The molecule has 0 spiro atoms. The van der Waals surface area contributed by atoms with Gasteiger partial charge in [-0.15, -0.1) is 0 Å². The van der Waals surface area contributed by atoms with Crippen molar-refractivity contribution in [2.45, 2.75) is 19.8 Å². The standard InChI is InChI=1S/C9H12N2S/c1-6(2)8-5-11-4-7(3-10)9(8)12/h3-6,10H,1-2H3,(H,11,12). The van der Waals surface area contributed by atoms with Gasteiger partial charge in [0.05, 0.1) is 4.51 Å². The second-order valence-electron chi connectivity index (χ2n) is 2.99. The Balaban J connectivity index is 3.33. The Morgan fingerprint density at radius 1 is 1.50 bits per heavy atom. The highest BCUT2D eigenvalue weighted by Gasteiger charge is 2.02. The van der Waals surface area contributed by atoms with E-state index >= 15 is 0 Å². The van der Waals surface area contributed by atoms with E-state index in [0.717, 1.165) is 15.6 Å². The molecule has 12 heavy (non-hydrogen) atoms. The number of aromatic nitrogens is 1. The third kappa shape index (κ3) is 1.61. The van der Waals surface area contributed by atoms with Crippen LogP contribution in [0.3, 0.4) is 0 Å². The van der Waals surface area contributed by atoms with Gasteiger partial charge in [0.15, 0.2) is 0 Å². The minimum Gasteiger partial charge on any atom is -0.367 e. The Morgan fingerprint density at radius 3 is 2.67 bits per heavy atom. The summed E-state index contributed by atoms with van der Waals surface area (Å²) >= 11 is 5.20. The number of hydrogen-bond acceptors (Lipinski definition) is 2. The predicted octanol–water partition coefficient (Wildman–Crippen LogP) is 2.87. The van der Waals surface area contributed by atoms with Crippen LogP contribution in [-0.2, 0) is 0 Å². The first-order chi connectivity index (χ1) is 5.66. The van der Waals surface area contributed by atoms with E-state index in [9.17, 15) is 0 Å². The number of pyridine rings is 1. The number of nitrogens with one attached hydrogen (secondary N) is 2. The van der Waals surface area contributed by atoms with E-state index in [4.69, 9.17) is 17.6 Å². The lowest BCUT2D eigenvalue weighted by molar-refractivity contribution is 0.854. The molecular weight excluding hydrogens is 168 g/mol. The van der Waals surface area contributed by atoms with Crippen molar-refractivity contribution in [2.75, 3.05) is 0 Å². The molecule has 3 heteroatoms. The highest BCUT2D eigenvalue weighted by molar-refractivity contribution is 7.71. The maximum atomic E-state index is 7.11. The molecule has 0 aliphatic carbocycles. The first-order valence-electron chi connectivity index (χ1n) is 3.88. The van der Waals surface area contributed by atoms with E-state index in [1.165, 1.54) is 6.21 Å². The summed E-state index contributed by atoms with van der Waals surface area (Å²) in [5.41, 5.74) is 1.89. The van der Waals surface area contributed by atoms with E-state index in [1.54, 1.807) is 6.20 Å². The molecular formula is C9H12N2S. The van der Waals surface area contributed by atoms with E-state index in [2.05, 4.69) is 18.8 Å². The van der Waals surface area contributed by atoms with Crippen LogP contribution in [0.2, 0.25) is 0 Å². The Kier molecular flexibility index (Phi) is 2.76. The minimum atomic E-state index is 0.411. The molecule has 1 aromatic rings. The molecule has 64 valence electrons. The zero-order valence-corrected chi connectivity index (χ0v) is 8.03. The van der Waals surface area contributed by atoms with Crippen LogP contribution in [0.5, 0.6) is 0 Å². The molecule has 0 aliphatic heterocycles. The molecule has 1 heterocycles. The number of rotatable bonds is 2. The van der Waals surface area contributed by atoms with Crippen molar-refractivity contribution < 1.29 is 0 Å². The summed E-state index contributed by atoms with van der Waals surface area (Å²) in [6, 6.07) is 0. The highest BCUT2D eigenvalue weighted by Crippen LogP contribution is 2.15. The number of H-pyrrole nitrogens is 1. The summed E-state index contributed by atoms with van der Waals surface area (Å²) in [5.74, 6) is 0.411. The zero-order chi connectivity index (χ0) is 9.14. The van der Waals surface area contributed by atoms with Crippen molar-refractivity contribution in [1.82, 2.24) is 4.98 Å². The fourth-order valence-corrected chi connectivity index (χ4v) is 1.47. The van der Waals surface area contributed by atoms with E-state index in [-0.39, 0.29) is 0 Å². The van der Waals surface area contributed by atoms with Crippen molar-refractivity contribution in [3.8, 4) is 0 Å². The van der Waals surface area contributed by atoms with Crippen LogP contribution in [0.15, 0.2) is 12.4 Å². The minimum absolute atomic E-state index is 0.411. The number of aromatic amines is 1. The van der Waals surface area contributed by atoms with Crippen LogP contribution in [0, 0.1) is 9.92 Å². The lowest BCUT2D eigenvalue weighted by Crippen LogP contribution is -1.94. The van der Waals surface area contributed by atoms with E-state index in [1.807, 2.05) is 6.20 Å². The fourth-order valence-electron chi connectivity index (χ4n) is 1.06. The van der Waals surface area contributed by atoms with Gasteiger partial charge in [0, 0.05) is 24.2 Å². The van der Waals surface area contributed by atoms with Crippen LogP contribution in [0.4, 0.5) is 0 Å². The van der Waals surface area contributed by atoms with Crippen molar-refractivity contribution in [2.24, 2.45) is 0 Å². The van der Waals surface area contributed by atoms with Crippen LogP contribution in [0.25, 0.3) is 0 Å². The van der Waals surface area contributed by atoms with Gasteiger partial charge in [0.2, 0.25) is 0 Å². The average molecular weight is 180 g/mol. The third-order valence-corrected chi connectivity index (χ3v) is 2.25. The lowest BCUT2D eigenvalue weighted by Gasteiger charge is -2.05. The Bertz CT molecular complexity index is 339. The van der Waals surface area contributed by atoms with Gasteiger partial charge >= 0.3 is 0 Å². The highest BCUT2D eigenvalue weighted by atomic mass is 32.1. The van der Waals surface area contributed by atoms with Crippen molar-refractivity contribution in [3.63, 3.8) is 0 Å². The summed E-state index contributed by atoms with van der Waals surface area (Å²) in [6.07, 6.45) is 4.94. The Labute approximate surface area is 77.2 Å². The van der Waals surface area contributed by atoms with Gasteiger partial charge < -0.3 is 10.4 Å². The number of hydrogen-bond donors (Lipinski definition) is 2. The molecule has 0 atom stereocenters. The molecule has 0 saturated heterocycles. The molecule has 1 rings (SSSR count). The van der Waals surface area contributed by atoms with Crippen LogP contribution >= 0.6 is 12.2 Å². The monoisotopic (exact) mass is 180 g/mol. The largest absolute Gasteiger partial charge is 0.367 e. The van der Waals surface area contributed by atoms with E-state index in [0.29, 0.717) is 5.92 Å². The molecule has 1 aromatic heterocycles. The van der Waals surface area contributed by atoms with Gasteiger partial charge in [-0.05, 0) is 11.5 Å². The molecule has 0 unspecified atom stereocenters. The van der Waals surface area contributed by atoms with Gasteiger partial charge in [0.1, 0.15) is 0 Å². The van der Waals surface area contributed by atoms with Crippen LogP contribution in [-0.4, -0.2) is 11.2 Å². The smallest absolute Gasteiger partial charge is 0.0528 e. The molecule has 0 fully saturated rings. The molecule has 0 radical (unpaired) electrons. The zero-order valence-electron chi connectivity index (χ0n) is 7.22. The third-order valence-electron chi connectivity index (χ3n) is 1.78. The molecule has 0 amide bonds. The van der Waals surface area contributed by atoms with Crippen molar-refractivity contribution in [1.29, 1.82) is 5.41 Å². The predicted molar refractivity (Wildman–Crippen MR) is 53.6 cm³/mol. The molecule has 2 nitrogen and oxygen atoms in total. The van der Waals surface area contributed by atoms with Gasteiger partial charge in [-0.3, -0.25) is 0 Å². The molecule has 2 N–H and O–H groups in total. The summed E-state index contributed by atoms with van der Waals surface area (Å²) in [4.78, 5) is 2.98. The normalized spacial score (nSPS) is 10.2. The lowest BCUT2D eigenvalue weighted by atomic mass is 10.0. The average Bonchev–Trinajstić information content (AvgIpc) is 2.04. The van der Waals surface area contributed by atoms with Crippen molar-refractivity contribution in [3.05, 3.63) is 28.0 Å². The summed E-state index contributed by atoms with van der Waals surface area (Å²) < 4.78 is 0.791. The Morgan fingerprint density at radius 2 is 2.17 bits per heavy atom. The molecule has 0 saturated carbocycles. The summed E-state index contributed by atoms with van der Waals surface area (Å²) in [6.45, 7) is 4.18. The van der Waals surface area contributed by atoms with Gasteiger partial charge in [-0.1, -0.05) is 26.1 Å². The second kappa shape index (κ2) is 3.63.